The molecule has 252 valence electrons. The van der Waals surface area contributed by atoms with E-state index in [1.165, 1.54) is 32.6 Å². The quantitative estimate of drug-likeness (QED) is 0.169. The molecule has 0 aliphatic rings. The van der Waals surface area contributed by atoms with Crippen LogP contribution in [0.4, 0.5) is 0 Å². The van der Waals surface area contributed by atoms with Gasteiger partial charge < -0.3 is 4.57 Å². The lowest BCUT2D eigenvalue weighted by atomic mass is 9.96. The third-order valence-corrected chi connectivity index (χ3v) is 10.7. The minimum Gasteiger partial charge on any atom is -0.309 e. The average Bonchev–Trinajstić information content (AvgIpc) is 3.81. The van der Waals surface area contributed by atoms with Crippen LogP contribution in [0.15, 0.2) is 194 Å². The molecule has 0 unspecified atom stereocenters. The van der Waals surface area contributed by atoms with E-state index in [0.717, 1.165) is 67.1 Å². The lowest BCUT2D eigenvalue weighted by Gasteiger charge is -2.13. The summed E-state index contributed by atoms with van der Waals surface area (Å²) in [6.07, 6.45) is 0. The van der Waals surface area contributed by atoms with Crippen LogP contribution in [0.25, 0.3) is 99.7 Å². The van der Waals surface area contributed by atoms with Gasteiger partial charge in [0.15, 0.2) is 0 Å². The molecule has 0 aliphatic heterocycles. The van der Waals surface area contributed by atoms with Gasteiger partial charge in [0.1, 0.15) is 5.82 Å². The van der Waals surface area contributed by atoms with Crippen molar-refractivity contribution < 1.29 is 0 Å². The van der Waals surface area contributed by atoms with E-state index in [1.54, 1.807) is 0 Å². The molecule has 0 radical (unpaired) electrons. The molecule has 0 fully saturated rings. The van der Waals surface area contributed by atoms with Gasteiger partial charge in [0.25, 0.3) is 0 Å². The Hall–Kier alpha value is -7.30. The maximum atomic E-state index is 5.20. The number of para-hydroxylation sites is 5. The maximum absolute atomic E-state index is 5.20. The average molecular weight is 689 g/mol. The highest BCUT2D eigenvalue weighted by molar-refractivity contribution is 6.29. The molecule has 0 saturated heterocycles. The van der Waals surface area contributed by atoms with E-state index in [4.69, 9.17) is 9.97 Å². The molecule has 54 heavy (non-hydrogen) atoms. The van der Waals surface area contributed by atoms with Crippen LogP contribution >= 0.6 is 0 Å². The number of rotatable bonds is 5. The van der Waals surface area contributed by atoms with Crippen LogP contribution in [0, 0.1) is 0 Å². The van der Waals surface area contributed by atoms with Gasteiger partial charge in [-0.25, -0.2) is 9.97 Å². The first-order valence-corrected chi connectivity index (χ1v) is 18.3. The first kappa shape index (κ1) is 30.3. The molecular weight excluding hydrogens is 657 g/mol. The van der Waals surface area contributed by atoms with Crippen LogP contribution in [0.5, 0.6) is 0 Å². The van der Waals surface area contributed by atoms with Gasteiger partial charge in [-0.05, 0) is 65.7 Å². The molecule has 0 saturated carbocycles. The third kappa shape index (κ3) is 4.70. The van der Waals surface area contributed by atoms with Crippen LogP contribution in [-0.4, -0.2) is 19.1 Å². The highest BCUT2D eigenvalue weighted by atomic mass is 15.1. The standard InChI is InChI=1S/C50H32N4/c1-3-13-35(14-4-1)49-41-31-32-46-48(47(41)39-17-7-9-19-42(39)51-49)40-18-8-11-21-44(40)53(46)38-29-27-34(28-30-38)33-23-25-36(26-24-33)50-52-43-20-10-12-22-45(43)54(50)37-15-5-2-6-16-37/h1-32H. The molecule has 11 aromatic rings. The number of nitrogens with zero attached hydrogens (tertiary/aromatic N) is 4. The Labute approximate surface area is 311 Å². The van der Waals surface area contributed by atoms with Gasteiger partial charge in [-0.1, -0.05) is 140 Å². The Morgan fingerprint density at radius 1 is 0.296 bits per heavy atom. The first-order valence-electron chi connectivity index (χ1n) is 18.3. The summed E-state index contributed by atoms with van der Waals surface area (Å²) >= 11 is 0. The molecule has 11 rings (SSSR count). The van der Waals surface area contributed by atoms with Crippen molar-refractivity contribution in [3.05, 3.63) is 194 Å². The monoisotopic (exact) mass is 688 g/mol. The van der Waals surface area contributed by atoms with Gasteiger partial charge in [0.05, 0.1) is 33.3 Å². The second-order valence-electron chi connectivity index (χ2n) is 13.8. The summed E-state index contributed by atoms with van der Waals surface area (Å²) in [7, 11) is 0. The topological polar surface area (TPSA) is 35.6 Å². The van der Waals surface area contributed by atoms with Crippen molar-refractivity contribution in [2.24, 2.45) is 0 Å². The Kier molecular flexibility index (Phi) is 6.82. The lowest BCUT2D eigenvalue weighted by Crippen LogP contribution is -1.97. The molecule has 0 atom stereocenters. The fraction of sp³-hybridized carbons (Fsp3) is 0. The smallest absolute Gasteiger partial charge is 0.145 e. The summed E-state index contributed by atoms with van der Waals surface area (Å²) < 4.78 is 4.65. The molecule has 0 aliphatic carbocycles. The Bertz CT molecular complexity index is 3170. The SMILES string of the molecule is c1ccc(-c2nc3ccccc3c3c2ccc2c3c3ccccc3n2-c2ccc(-c3ccc(-c4nc5ccccc5n4-c4ccccc4)cc3)cc2)cc1. The number of imidazole rings is 1. The van der Waals surface area contributed by atoms with Crippen molar-refractivity contribution in [2.45, 2.75) is 0 Å². The molecule has 3 aromatic heterocycles. The van der Waals surface area contributed by atoms with Gasteiger partial charge in [0.2, 0.25) is 0 Å². The fourth-order valence-electron chi connectivity index (χ4n) is 8.27. The first-order chi connectivity index (χ1) is 26.8. The zero-order valence-electron chi connectivity index (χ0n) is 29.3. The molecule has 3 heterocycles. The largest absolute Gasteiger partial charge is 0.309 e. The minimum atomic E-state index is 0.933. The van der Waals surface area contributed by atoms with Crippen molar-refractivity contribution in [3.8, 4) is 45.1 Å². The van der Waals surface area contributed by atoms with E-state index < -0.39 is 0 Å². The van der Waals surface area contributed by atoms with E-state index in [2.05, 4.69) is 191 Å². The third-order valence-electron chi connectivity index (χ3n) is 10.7. The Balaban J connectivity index is 1.03. The van der Waals surface area contributed by atoms with E-state index in [-0.39, 0.29) is 0 Å². The van der Waals surface area contributed by atoms with E-state index in [1.807, 2.05) is 12.1 Å². The second kappa shape index (κ2) is 12.1. The molecule has 0 N–H and O–H groups in total. The predicted octanol–water partition coefficient (Wildman–Crippen LogP) is 12.8. The molecule has 4 heteroatoms. The minimum absolute atomic E-state index is 0.933. The van der Waals surface area contributed by atoms with Crippen molar-refractivity contribution in [2.75, 3.05) is 0 Å². The lowest BCUT2D eigenvalue weighted by molar-refractivity contribution is 1.10. The molecule has 4 nitrogen and oxygen atoms in total. The van der Waals surface area contributed by atoms with Gasteiger partial charge in [0, 0.05) is 49.4 Å². The van der Waals surface area contributed by atoms with Crippen molar-refractivity contribution in [1.82, 2.24) is 19.1 Å². The molecule has 0 bridgehead atoms. The highest BCUT2D eigenvalue weighted by Crippen LogP contribution is 2.42. The molecule has 8 aromatic carbocycles. The highest BCUT2D eigenvalue weighted by Gasteiger charge is 2.20. The number of pyridine rings is 1. The maximum Gasteiger partial charge on any atom is 0.145 e. The number of aromatic nitrogens is 4. The zero-order valence-corrected chi connectivity index (χ0v) is 29.3. The summed E-state index contributed by atoms with van der Waals surface area (Å²) in [5.74, 6) is 0.933. The van der Waals surface area contributed by atoms with Gasteiger partial charge in [-0.3, -0.25) is 4.57 Å². The summed E-state index contributed by atoms with van der Waals surface area (Å²) in [5.41, 5.74) is 13.2. The predicted molar refractivity (Wildman–Crippen MR) is 225 cm³/mol. The molecule has 0 amide bonds. The van der Waals surface area contributed by atoms with Crippen molar-refractivity contribution in [1.29, 1.82) is 0 Å². The molecule has 0 spiro atoms. The van der Waals surface area contributed by atoms with Crippen molar-refractivity contribution in [3.63, 3.8) is 0 Å². The van der Waals surface area contributed by atoms with Crippen LogP contribution in [0.3, 0.4) is 0 Å². The summed E-state index contributed by atoms with van der Waals surface area (Å²) in [4.78, 5) is 10.3. The Morgan fingerprint density at radius 2 is 0.870 bits per heavy atom. The number of hydrogen-bond acceptors (Lipinski definition) is 2. The summed E-state index contributed by atoms with van der Waals surface area (Å²) in [6, 6.07) is 68.9. The van der Waals surface area contributed by atoms with Crippen LogP contribution in [0.1, 0.15) is 0 Å². The van der Waals surface area contributed by atoms with E-state index in [9.17, 15) is 0 Å². The summed E-state index contributed by atoms with van der Waals surface area (Å²) in [6.45, 7) is 0. The zero-order chi connectivity index (χ0) is 35.6. The van der Waals surface area contributed by atoms with E-state index in [0.29, 0.717) is 0 Å². The summed E-state index contributed by atoms with van der Waals surface area (Å²) in [5, 5.41) is 6.05. The van der Waals surface area contributed by atoms with Gasteiger partial charge in [-0.2, -0.15) is 0 Å². The van der Waals surface area contributed by atoms with Gasteiger partial charge >= 0.3 is 0 Å². The van der Waals surface area contributed by atoms with E-state index >= 15 is 0 Å². The van der Waals surface area contributed by atoms with Crippen LogP contribution in [0.2, 0.25) is 0 Å². The number of hydrogen-bond donors (Lipinski definition) is 0. The van der Waals surface area contributed by atoms with Crippen LogP contribution < -0.4 is 0 Å². The molecular formula is C50H32N4. The van der Waals surface area contributed by atoms with Crippen molar-refractivity contribution >= 4 is 54.5 Å². The fourth-order valence-corrected chi connectivity index (χ4v) is 8.27. The van der Waals surface area contributed by atoms with Gasteiger partial charge in [-0.15, -0.1) is 0 Å². The van der Waals surface area contributed by atoms with Crippen LogP contribution in [-0.2, 0) is 0 Å². The number of fused-ring (bicyclic) bond motifs is 8. The number of benzene rings is 8. The second-order valence-corrected chi connectivity index (χ2v) is 13.8. The Morgan fingerprint density at radius 3 is 1.63 bits per heavy atom. The normalized spacial score (nSPS) is 11.7.